The van der Waals surface area contributed by atoms with Gasteiger partial charge in [-0.2, -0.15) is 5.10 Å². The van der Waals surface area contributed by atoms with Gasteiger partial charge in [-0.25, -0.2) is 9.67 Å². The number of nitrogens with one attached hydrogen (secondary N) is 3. The number of pyridine rings is 1. The molecule has 0 saturated carbocycles. The summed E-state index contributed by atoms with van der Waals surface area (Å²) in [6, 6.07) is 19.9. The number of hydrogen-bond acceptors (Lipinski definition) is 7. The lowest BCUT2D eigenvalue weighted by atomic mass is 10.1. The second-order valence-corrected chi connectivity index (χ2v) is 7.05. The van der Waals surface area contributed by atoms with Gasteiger partial charge in [0, 0.05) is 18.7 Å². The molecule has 0 saturated heterocycles. The monoisotopic (exact) mass is 399 g/mol. The Bertz CT molecular complexity index is 1170. The predicted octanol–water partition coefficient (Wildman–Crippen LogP) is 3.28. The Balaban J connectivity index is 1.32. The molecule has 1 aliphatic rings. The van der Waals surface area contributed by atoms with Gasteiger partial charge in [-0.05, 0) is 34.9 Å². The van der Waals surface area contributed by atoms with Gasteiger partial charge in [0.2, 0.25) is 0 Å². The van der Waals surface area contributed by atoms with Crippen LogP contribution in [-0.2, 0) is 13.0 Å². The van der Waals surface area contributed by atoms with Crippen LogP contribution < -0.4 is 26.9 Å². The Labute approximate surface area is 173 Å². The summed E-state index contributed by atoms with van der Waals surface area (Å²) in [5, 5.41) is 4.52. The molecule has 2 aromatic heterocycles. The number of nitrogens with two attached hydrogens (primary N) is 1. The van der Waals surface area contributed by atoms with E-state index in [0.717, 1.165) is 33.8 Å². The first-order valence-corrected chi connectivity index (χ1v) is 9.62. The summed E-state index contributed by atoms with van der Waals surface area (Å²) >= 11 is 0. The van der Waals surface area contributed by atoms with Gasteiger partial charge in [0.25, 0.3) is 0 Å². The number of rotatable bonds is 6. The number of nitrogens with zero attached hydrogens (tertiary/aromatic N) is 3. The van der Waals surface area contributed by atoms with Crippen molar-refractivity contribution in [3.8, 4) is 11.4 Å². The largest absolute Gasteiger partial charge is 0.489 e. The third kappa shape index (κ3) is 3.76. The third-order valence-electron chi connectivity index (χ3n) is 4.85. The molecular weight excluding hydrogens is 378 g/mol. The first-order chi connectivity index (χ1) is 14.7. The molecule has 0 aliphatic carbocycles. The maximum absolute atomic E-state index is 5.94. The van der Waals surface area contributed by atoms with E-state index in [9.17, 15) is 0 Å². The number of nitrogen functional groups attached to an aromatic ring is 1. The molecule has 8 nitrogen and oxygen atoms in total. The molecule has 8 heteroatoms. The maximum Gasteiger partial charge on any atom is 0.169 e. The van der Waals surface area contributed by atoms with Crippen molar-refractivity contribution in [3.63, 3.8) is 0 Å². The van der Waals surface area contributed by atoms with Crippen LogP contribution in [0.3, 0.4) is 0 Å². The molecular formula is C22H21N7O. The predicted molar refractivity (Wildman–Crippen MR) is 116 cm³/mol. The van der Waals surface area contributed by atoms with E-state index in [1.807, 2.05) is 77.7 Å². The maximum atomic E-state index is 5.94. The van der Waals surface area contributed by atoms with Crippen LogP contribution in [0.2, 0.25) is 0 Å². The Hall–Kier alpha value is -4.04. The second kappa shape index (κ2) is 7.76. The van der Waals surface area contributed by atoms with Crippen LogP contribution in [0, 0.1) is 0 Å². The van der Waals surface area contributed by atoms with Crippen LogP contribution >= 0.6 is 0 Å². The Morgan fingerprint density at radius 2 is 1.87 bits per heavy atom. The summed E-state index contributed by atoms with van der Waals surface area (Å²) in [4.78, 5) is 4.26. The molecule has 1 aliphatic heterocycles. The highest BCUT2D eigenvalue weighted by molar-refractivity contribution is 5.74. The molecule has 150 valence electrons. The van der Waals surface area contributed by atoms with Crippen molar-refractivity contribution in [2.24, 2.45) is 0 Å². The normalized spacial score (nSPS) is 12.1. The van der Waals surface area contributed by atoms with Gasteiger partial charge in [0.1, 0.15) is 18.2 Å². The van der Waals surface area contributed by atoms with Crippen molar-refractivity contribution in [1.82, 2.24) is 20.3 Å². The van der Waals surface area contributed by atoms with Crippen molar-refractivity contribution >= 4 is 17.3 Å². The number of benzene rings is 2. The van der Waals surface area contributed by atoms with Gasteiger partial charge in [0.15, 0.2) is 5.82 Å². The summed E-state index contributed by atoms with van der Waals surface area (Å²) in [5.41, 5.74) is 19.8. The molecule has 0 bridgehead atoms. The summed E-state index contributed by atoms with van der Waals surface area (Å²) in [7, 11) is 0. The average Bonchev–Trinajstić information content (AvgIpc) is 3.43. The summed E-state index contributed by atoms with van der Waals surface area (Å²) < 4.78 is 7.78. The zero-order valence-electron chi connectivity index (χ0n) is 16.2. The van der Waals surface area contributed by atoms with E-state index in [-0.39, 0.29) is 0 Å². The SMILES string of the molecule is Nc1cc(Cc2cnn(-c3cccc(OCc4ccccc4)c3)c2)c2c(n1)NNN2. The number of hydrazine groups is 2. The molecule has 30 heavy (non-hydrogen) atoms. The fraction of sp³-hybridized carbons (Fsp3) is 0.0909. The molecule has 3 heterocycles. The number of fused-ring (bicyclic) bond motifs is 1. The molecule has 5 N–H and O–H groups in total. The topological polar surface area (TPSA) is 102 Å². The van der Waals surface area contributed by atoms with Crippen LogP contribution in [0.25, 0.3) is 5.69 Å². The van der Waals surface area contributed by atoms with Crippen molar-refractivity contribution in [1.29, 1.82) is 0 Å². The molecule has 0 spiro atoms. The van der Waals surface area contributed by atoms with Crippen LogP contribution in [-0.4, -0.2) is 14.8 Å². The minimum absolute atomic E-state index is 0.470. The third-order valence-corrected chi connectivity index (χ3v) is 4.85. The molecule has 0 amide bonds. The minimum atomic E-state index is 0.470. The van der Waals surface area contributed by atoms with E-state index in [0.29, 0.717) is 24.7 Å². The van der Waals surface area contributed by atoms with Crippen LogP contribution in [0.4, 0.5) is 17.3 Å². The van der Waals surface area contributed by atoms with Gasteiger partial charge >= 0.3 is 0 Å². The second-order valence-electron chi connectivity index (χ2n) is 7.05. The molecule has 5 rings (SSSR count). The van der Waals surface area contributed by atoms with Crippen molar-refractivity contribution in [3.05, 3.63) is 89.7 Å². The van der Waals surface area contributed by atoms with E-state index in [4.69, 9.17) is 10.5 Å². The van der Waals surface area contributed by atoms with Gasteiger partial charge in [-0.1, -0.05) is 36.4 Å². The molecule has 2 aromatic carbocycles. The summed E-state index contributed by atoms with van der Waals surface area (Å²) in [6.45, 7) is 0.526. The molecule has 4 aromatic rings. The summed E-state index contributed by atoms with van der Waals surface area (Å²) in [6.07, 6.45) is 4.54. The van der Waals surface area contributed by atoms with Gasteiger partial charge in [0.05, 0.1) is 17.6 Å². The van der Waals surface area contributed by atoms with E-state index < -0.39 is 0 Å². The van der Waals surface area contributed by atoms with Crippen molar-refractivity contribution < 1.29 is 4.74 Å². The fourth-order valence-corrected chi connectivity index (χ4v) is 3.41. The molecule has 0 fully saturated rings. The lowest BCUT2D eigenvalue weighted by molar-refractivity contribution is 0.306. The van der Waals surface area contributed by atoms with Crippen LogP contribution in [0.15, 0.2) is 73.1 Å². The lowest BCUT2D eigenvalue weighted by Crippen LogP contribution is -2.19. The Morgan fingerprint density at radius 3 is 2.77 bits per heavy atom. The Morgan fingerprint density at radius 1 is 0.967 bits per heavy atom. The minimum Gasteiger partial charge on any atom is -0.489 e. The lowest BCUT2D eigenvalue weighted by Gasteiger charge is -2.08. The van der Waals surface area contributed by atoms with E-state index >= 15 is 0 Å². The first kappa shape index (κ1) is 18.0. The Kier molecular flexibility index (Phi) is 4.66. The van der Waals surface area contributed by atoms with Crippen molar-refractivity contribution in [2.45, 2.75) is 13.0 Å². The van der Waals surface area contributed by atoms with E-state index in [1.54, 1.807) is 0 Å². The van der Waals surface area contributed by atoms with E-state index in [1.165, 1.54) is 0 Å². The highest BCUT2D eigenvalue weighted by Crippen LogP contribution is 2.30. The van der Waals surface area contributed by atoms with E-state index in [2.05, 4.69) is 26.5 Å². The summed E-state index contributed by atoms with van der Waals surface area (Å²) in [5.74, 6) is 1.97. The van der Waals surface area contributed by atoms with Crippen LogP contribution in [0.1, 0.15) is 16.7 Å². The average molecular weight is 399 g/mol. The molecule has 0 atom stereocenters. The highest BCUT2D eigenvalue weighted by Gasteiger charge is 2.17. The van der Waals surface area contributed by atoms with Gasteiger partial charge in [-0.15, -0.1) is 5.53 Å². The number of ether oxygens (including phenoxy) is 1. The first-order valence-electron chi connectivity index (χ1n) is 9.62. The van der Waals surface area contributed by atoms with Crippen molar-refractivity contribution in [2.75, 3.05) is 16.6 Å². The van der Waals surface area contributed by atoms with Gasteiger partial charge in [-0.3, -0.25) is 5.43 Å². The zero-order valence-corrected chi connectivity index (χ0v) is 16.2. The number of aromatic nitrogens is 3. The quantitative estimate of drug-likeness (QED) is 0.395. The number of anilines is 3. The standard InChI is InChI=1S/C22H21N7O/c23-20-10-17(21-22(25-20)27-28-26-21)9-16-12-24-29(13-16)18-7-4-8-19(11-18)30-14-15-5-2-1-3-6-15/h1-8,10-13,26,28H,9,14H2,(H3,23,25,27). The molecule has 0 radical (unpaired) electrons. The van der Waals surface area contributed by atoms with Gasteiger partial charge < -0.3 is 15.9 Å². The number of hydrogen-bond donors (Lipinski definition) is 4. The highest BCUT2D eigenvalue weighted by atomic mass is 16.5. The van der Waals surface area contributed by atoms with Crippen LogP contribution in [0.5, 0.6) is 5.75 Å². The zero-order chi connectivity index (χ0) is 20.3. The smallest absolute Gasteiger partial charge is 0.169 e. The molecule has 0 unspecified atom stereocenters. The fourth-order valence-electron chi connectivity index (χ4n) is 3.41.